The zero-order chi connectivity index (χ0) is 74.8. The number of para-hydroxylation sites is 4. The molecule has 8 nitrogen and oxygen atoms in total. The summed E-state index contributed by atoms with van der Waals surface area (Å²) < 4.78 is 0. The van der Waals surface area contributed by atoms with Crippen LogP contribution in [0.2, 0.25) is 0 Å². The van der Waals surface area contributed by atoms with E-state index in [1.54, 1.807) is 0 Å². The molecule has 112 heavy (non-hydrogen) atoms. The van der Waals surface area contributed by atoms with Crippen molar-refractivity contribution in [1.29, 1.82) is 10.8 Å². The lowest BCUT2D eigenvalue weighted by Gasteiger charge is -2.31. The minimum absolute atomic E-state index is 0.149. The monoisotopic (exact) mass is 1430 g/mol. The van der Waals surface area contributed by atoms with Crippen LogP contribution in [0.4, 0.5) is 45.5 Å². The molecule has 8 heteroatoms. The first-order chi connectivity index (χ1) is 55.1. The summed E-state index contributed by atoms with van der Waals surface area (Å²) in [5.74, 6) is 0. The van der Waals surface area contributed by atoms with Gasteiger partial charge in [-0.05, 0) is 260 Å². The number of hydrogen-bond acceptors (Lipinski definition) is 8. The predicted molar refractivity (Wildman–Crippen MR) is 467 cm³/mol. The van der Waals surface area contributed by atoms with Crippen molar-refractivity contribution in [3.05, 3.63) is 431 Å². The van der Waals surface area contributed by atoms with Gasteiger partial charge in [-0.25, -0.2) is 0 Å². The molecule has 0 amide bonds. The summed E-state index contributed by atoms with van der Waals surface area (Å²) in [7, 11) is 0. The molecule has 0 saturated heterocycles. The highest BCUT2D eigenvalue weighted by Gasteiger charge is 2.52. The Morgan fingerprint density at radius 1 is 0.286 bits per heavy atom. The molecule has 0 saturated carbocycles. The van der Waals surface area contributed by atoms with Gasteiger partial charge >= 0.3 is 0 Å². The number of fused-ring (bicyclic) bond motifs is 19. The molecule has 0 unspecified atom stereocenters. The van der Waals surface area contributed by atoms with Crippen molar-refractivity contribution in [2.45, 2.75) is 24.7 Å². The van der Waals surface area contributed by atoms with Gasteiger partial charge in [0.1, 0.15) is 11.4 Å². The molecule has 0 aromatic heterocycles. The van der Waals surface area contributed by atoms with Crippen LogP contribution in [-0.4, -0.2) is 22.8 Å². The first kappa shape index (κ1) is 65.7. The summed E-state index contributed by atoms with van der Waals surface area (Å²) in [6.45, 7) is 4.68. The largest absolute Gasteiger partial charge is 0.310 e. The minimum Gasteiger partial charge on any atom is -0.310 e. The van der Waals surface area contributed by atoms with E-state index in [-0.39, 0.29) is 5.41 Å². The number of nitrogens with one attached hydrogen (secondary N) is 4. The molecule has 5 aliphatic carbocycles. The Bertz CT molecular complexity index is 6690. The van der Waals surface area contributed by atoms with E-state index in [0.717, 1.165) is 134 Å². The van der Waals surface area contributed by atoms with Gasteiger partial charge in [0.25, 0.3) is 0 Å². The van der Waals surface area contributed by atoms with Gasteiger partial charge in [0.15, 0.2) is 0 Å². The van der Waals surface area contributed by atoms with E-state index in [2.05, 4.69) is 332 Å². The van der Waals surface area contributed by atoms with Crippen molar-refractivity contribution in [1.82, 2.24) is 0 Å². The number of allylic oxidation sites excluding steroid dienone is 2. The Morgan fingerprint density at radius 2 is 0.696 bits per heavy atom. The van der Waals surface area contributed by atoms with E-state index < -0.39 is 5.41 Å². The molecule has 0 heterocycles. The van der Waals surface area contributed by atoms with E-state index in [9.17, 15) is 5.41 Å². The van der Waals surface area contributed by atoms with Crippen molar-refractivity contribution in [2.24, 2.45) is 10.2 Å². The zero-order valence-corrected chi connectivity index (χ0v) is 61.6. The molecule has 16 aromatic carbocycles. The number of rotatable bonds is 13. The van der Waals surface area contributed by atoms with Gasteiger partial charge in [-0.2, -0.15) is 10.2 Å². The van der Waals surface area contributed by atoms with Gasteiger partial charge in [-0.3, -0.25) is 21.7 Å². The lowest BCUT2D eigenvalue weighted by molar-refractivity contribution is 0.660. The standard InChI is InChI=1S/C104H72N8/c1-103(2)91-32-18-15-29-81(91)84-56-52-80(63-95(84)103)112(76-27-13-6-14-28-76)78-50-43-66(44-51-78)71-40-37-68-45-55-86-87(64-98(106)102(100(86)89(68)60-71)110-108-74-23-9-4-10-24-74)72-46-54-85-90-62-79(53-57-94(90)104(96(85)61-72)92-33-19-16-30-82(92)83-31-17-20-34-93(83)104)111(75-25-11-5-12-26-75)77-48-41-65(42-49-77)70-39-36-67-35-38-69-47-58-97(105)101(99(69)88(67)59-70)109-107-73-21-7-3-8-22-73/h3-64,105-108H,1-2H3/b105-97?,106-98?,109-101+,110-102+. The maximum absolute atomic E-state index is 10.2. The topological polar surface area (TPSA) is 103 Å². The molecule has 4 N–H and O–H groups in total. The SMILES string of the molecule is CC1(C)c2ccccc2-c2ccc(N(c3ccccc3)c3ccc(-c4ccc5ccc6c(c5c4)/C(=N/Nc4ccccc4)C(=N)C=C6c4ccc5c(c4)C4(c6ccccc6-c6ccccc64)c4ccc(N(c6ccccc6)c6ccc(-c7ccc8ccc9c(c8c7)/C(=N/Nc7ccccc7)C(=N)C=C9)cc6)cc4-5)cc3)cc21. The van der Waals surface area contributed by atoms with Crippen molar-refractivity contribution < 1.29 is 0 Å². The van der Waals surface area contributed by atoms with Crippen LogP contribution >= 0.6 is 0 Å². The molecule has 1 spiro atoms. The van der Waals surface area contributed by atoms with Crippen LogP contribution in [0, 0.1) is 10.8 Å². The third-order valence-electron chi connectivity index (χ3n) is 23.6. The number of anilines is 8. The Hall–Kier alpha value is -14.6. The summed E-state index contributed by atoms with van der Waals surface area (Å²) in [5.41, 5.74) is 40.7. The Morgan fingerprint density at radius 3 is 1.29 bits per heavy atom. The molecule has 16 aromatic rings. The van der Waals surface area contributed by atoms with Crippen molar-refractivity contribution in [3.8, 4) is 55.6 Å². The van der Waals surface area contributed by atoms with Crippen LogP contribution in [0.25, 0.3) is 88.8 Å². The maximum atomic E-state index is 10.2. The number of nitrogens with zero attached hydrogens (tertiary/aromatic N) is 4. The highest BCUT2D eigenvalue weighted by atomic mass is 15.3. The molecular formula is C104H72N8. The van der Waals surface area contributed by atoms with Gasteiger partial charge in [-0.15, -0.1) is 0 Å². The lowest BCUT2D eigenvalue weighted by atomic mass is 9.70. The van der Waals surface area contributed by atoms with Crippen LogP contribution in [-0.2, 0) is 10.8 Å². The molecular weight excluding hydrogens is 1360 g/mol. The number of hydrogen-bond donors (Lipinski definition) is 4. The summed E-state index contributed by atoms with van der Waals surface area (Å²) in [5, 5.41) is 33.5. The number of hydrazone groups is 2. The van der Waals surface area contributed by atoms with Gasteiger partial charge in [0.2, 0.25) is 0 Å². The molecule has 0 aliphatic heterocycles. The van der Waals surface area contributed by atoms with E-state index >= 15 is 0 Å². The third-order valence-corrected chi connectivity index (χ3v) is 23.6. The second-order valence-electron chi connectivity index (χ2n) is 30.2. The molecule has 0 atom stereocenters. The van der Waals surface area contributed by atoms with E-state index in [4.69, 9.17) is 15.6 Å². The highest BCUT2D eigenvalue weighted by Crippen LogP contribution is 2.64. The summed E-state index contributed by atoms with van der Waals surface area (Å²) in [6.07, 6.45) is 5.88. The molecule has 0 radical (unpaired) electrons. The predicted octanol–water partition coefficient (Wildman–Crippen LogP) is 26.1. The van der Waals surface area contributed by atoms with Crippen LogP contribution in [0.1, 0.15) is 75.0 Å². The average molecular weight is 1430 g/mol. The van der Waals surface area contributed by atoms with Gasteiger partial charge < -0.3 is 9.80 Å². The van der Waals surface area contributed by atoms with Crippen LogP contribution in [0.3, 0.4) is 0 Å². The highest BCUT2D eigenvalue weighted by molar-refractivity contribution is 6.56. The van der Waals surface area contributed by atoms with E-state index in [1.807, 2.05) is 78.9 Å². The summed E-state index contributed by atoms with van der Waals surface area (Å²) in [4.78, 5) is 4.74. The third kappa shape index (κ3) is 10.5. The van der Waals surface area contributed by atoms with Gasteiger partial charge in [0.05, 0.1) is 28.2 Å². The van der Waals surface area contributed by atoms with Gasteiger partial charge in [-0.1, -0.05) is 263 Å². The van der Waals surface area contributed by atoms with Crippen LogP contribution in [0.15, 0.2) is 380 Å². The van der Waals surface area contributed by atoms with Crippen LogP contribution in [0.5, 0.6) is 0 Å². The van der Waals surface area contributed by atoms with E-state index in [1.165, 1.54) is 55.6 Å². The molecule has 21 rings (SSSR count). The van der Waals surface area contributed by atoms with Crippen LogP contribution < -0.4 is 20.7 Å². The Labute approximate surface area is 650 Å². The first-order valence-corrected chi connectivity index (χ1v) is 38.3. The second kappa shape index (κ2) is 26.1. The van der Waals surface area contributed by atoms with Crippen molar-refractivity contribution >= 4 is 102 Å². The fraction of sp³-hybridized carbons (Fsp3) is 0.0385. The summed E-state index contributed by atoms with van der Waals surface area (Å²) in [6, 6.07) is 129. The Balaban J connectivity index is 0.672. The second-order valence-corrected chi connectivity index (χ2v) is 30.2. The Kier molecular flexibility index (Phi) is 15.3. The molecule has 528 valence electrons. The van der Waals surface area contributed by atoms with Crippen molar-refractivity contribution in [3.63, 3.8) is 0 Å². The van der Waals surface area contributed by atoms with Crippen molar-refractivity contribution in [2.75, 3.05) is 20.7 Å². The van der Waals surface area contributed by atoms with Gasteiger partial charge in [0, 0.05) is 50.7 Å². The normalized spacial score (nSPS) is 14.8. The maximum Gasteiger partial charge on any atom is 0.117 e. The molecule has 5 aliphatic rings. The average Bonchev–Trinajstić information content (AvgIpc) is 1.50. The smallest absolute Gasteiger partial charge is 0.117 e. The molecule has 0 fully saturated rings. The quantitative estimate of drug-likeness (QED) is 0.0864. The fourth-order valence-corrected chi connectivity index (χ4v) is 18.4. The van der Waals surface area contributed by atoms with E-state index in [0.29, 0.717) is 22.8 Å². The molecule has 0 bridgehead atoms. The zero-order valence-electron chi connectivity index (χ0n) is 61.6. The minimum atomic E-state index is -0.680. The fourth-order valence-electron chi connectivity index (χ4n) is 18.4. The summed E-state index contributed by atoms with van der Waals surface area (Å²) >= 11 is 0. The number of benzene rings is 16. The lowest BCUT2D eigenvalue weighted by Crippen LogP contribution is -2.26. The first-order valence-electron chi connectivity index (χ1n) is 38.3.